The summed E-state index contributed by atoms with van der Waals surface area (Å²) >= 11 is 1.28. The molecule has 28 heavy (non-hydrogen) atoms. The molecule has 0 atom stereocenters. The molecule has 138 valence electrons. The van der Waals surface area contributed by atoms with Crippen LogP contribution in [0.25, 0.3) is 11.1 Å². The number of fused-ring (bicyclic) bond motifs is 1. The van der Waals surface area contributed by atoms with Gasteiger partial charge < -0.3 is 10.6 Å². The third-order valence-corrected chi connectivity index (χ3v) is 5.42. The highest BCUT2D eigenvalue weighted by Crippen LogP contribution is 2.29. The first-order chi connectivity index (χ1) is 13.7. The van der Waals surface area contributed by atoms with Crippen LogP contribution in [-0.4, -0.2) is 23.3 Å². The van der Waals surface area contributed by atoms with Crippen LogP contribution >= 0.6 is 11.3 Å². The van der Waals surface area contributed by atoms with E-state index in [9.17, 15) is 9.59 Å². The van der Waals surface area contributed by atoms with Crippen molar-refractivity contribution in [1.29, 1.82) is 0 Å². The van der Waals surface area contributed by atoms with E-state index in [0.29, 0.717) is 30.2 Å². The molecule has 2 heterocycles. The van der Waals surface area contributed by atoms with Crippen molar-refractivity contribution in [3.8, 4) is 23.5 Å². The lowest BCUT2D eigenvalue weighted by Gasteiger charge is -2.08. The smallest absolute Gasteiger partial charge is 0.270 e. The van der Waals surface area contributed by atoms with Gasteiger partial charge in [0.2, 0.25) is 0 Å². The second kappa shape index (κ2) is 7.67. The highest BCUT2D eigenvalue weighted by Gasteiger charge is 2.22. The van der Waals surface area contributed by atoms with Gasteiger partial charge in [0.15, 0.2) is 5.01 Å². The molecular formula is C22H17N3O2S. The maximum absolute atomic E-state index is 12.1. The van der Waals surface area contributed by atoms with Gasteiger partial charge in [-0.25, -0.2) is 4.98 Å². The van der Waals surface area contributed by atoms with E-state index < -0.39 is 0 Å². The van der Waals surface area contributed by atoms with Gasteiger partial charge in [-0.3, -0.25) is 9.59 Å². The van der Waals surface area contributed by atoms with Crippen molar-refractivity contribution in [1.82, 2.24) is 15.6 Å². The molecule has 0 bridgehead atoms. The third kappa shape index (κ3) is 3.53. The average molecular weight is 387 g/mol. The van der Waals surface area contributed by atoms with Crippen molar-refractivity contribution in [2.45, 2.75) is 13.0 Å². The Kier molecular flexibility index (Phi) is 4.92. The number of benzene rings is 2. The first-order valence-electron chi connectivity index (χ1n) is 8.85. The van der Waals surface area contributed by atoms with Gasteiger partial charge in [-0.2, -0.15) is 0 Å². The fraction of sp³-hybridized carbons (Fsp3) is 0.136. The minimum Gasteiger partial charge on any atom is -0.350 e. The zero-order valence-electron chi connectivity index (χ0n) is 15.0. The molecule has 0 unspecified atom stereocenters. The average Bonchev–Trinajstić information content (AvgIpc) is 3.36. The number of hydrogen-bond donors (Lipinski definition) is 2. The van der Waals surface area contributed by atoms with Crippen LogP contribution in [-0.2, 0) is 13.0 Å². The van der Waals surface area contributed by atoms with Gasteiger partial charge in [0.05, 0.1) is 5.56 Å². The molecule has 2 N–H and O–H groups in total. The molecule has 0 spiro atoms. The molecule has 3 aromatic rings. The summed E-state index contributed by atoms with van der Waals surface area (Å²) in [5.74, 6) is 2.18. The number of nitrogens with zero attached hydrogens (tertiary/aromatic N) is 1. The molecule has 0 saturated heterocycles. The molecule has 0 saturated carbocycles. The number of aromatic nitrogens is 1. The quantitative estimate of drug-likeness (QED) is 0.661. The van der Waals surface area contributed by atoms with E-state index in [1.807, 2.05) is 42.5 Å². The standard InChI is InChI=1S/C22H17N3O2S/c1-2-19-25-18(13-28-19)21(26)23-11-10-14-6-8-15(9-7-14)17-5-3-4-16-12-24-22(27)20(16)17/h1,3-9,13H,10-12H2,(H,23,26)(H,24,27). The Morgan fingerprint density at radius 2 is 2.07 bits per heavy atom. The lowest BCUT2D eigenvalue weighted by Crippen LogP contribution is -2.25. The zero-order chi connectivity index (χ0) is 19.5. The summed E-state index contributed by atoms with van der Waals surface area (Å²) in [5.41, 5.74) is 5.20. The number of carbonyl (C=O) groups excluding carboxylic acids is 2. The van der Waals surface area contributed by atoms with Gasteiger partial charge in [0.25, 0.3) is 11.8 Å². The van der Waals surface area contributed by atoms with Crippen LogP contribution in [0.15, 0.2) is 47.8 Å². The van der Waals surface area contributed by atoms with Crippen LogP contribution in [0.5, 0.6) is 0 Å². The minimum atomic E-state index is -0.222. The third-order valence-electron chi connectivity index (χ3n) is 4.64. The molecule has 2 amide bonds. The number of terminal acetylenes is 1. The van der Waals surface area contributed by atoms with Gasteiger partial charge in [-0.1, -0.05) is 42.5 Å². The fourth-order valence-corrected chi connectivity index (χ4v) is 3.83. The van der Waals surface area contributed by atoms with Crippen molar-refractivity contribution in [2.75, 3.05) is 6.54 Å². The Hall–Kier alpha value is -3.43. The zero-order valence-corrected chi connectivity index (χ0v) is 15.8. The van der Waals surface area contributed by atoms with Crippen molar-refractivity contribution in [3.63, 3.8) is 0 Å². The summed E-state index contributed by atoms with van der Waals surface area (Å²) in [6, 6.07) is 14.0. The first-order valence-corrected chi connectivity index (χ1v) is 9.73. The number of nitrogens with one attached hydrogen (secondary N) is 2. The second-order valence-corrected chi connectivity index (χ2v) is 7.27. The molecule has 5 nitrogen and oxygen atoms in total. The largest absolute Gasteiger partial charge is 0.350 e. The number of thiazole rings is 1. The van der Waals surface area contributed by atoms with Crippen LogP contribution in [0, 0.1) is 12.3 Å². The van der Waals surface area contributed by atoms with Crippen LogP contribution in [0.3, 0.4) is 0 Å². The summed E-state index contributed by atoms with van der Waals surface area (Å²) in [5, 5.41) is 7.89. The Morgan fingerprint density at radius 1 is 1.25 bits per heavy atom. The number of hydrogen-bond acceptors (Lipinski definition) is 4. The van der Waals surface area contributed by atoms with E-state index in [1.165, 1.54) is 11.3 Å². The summed E-state index contributed by atoms with van der Waals surface area (Å²) in [6.45, 7) is 1.09. The molecule has 0 radical (unpaired) electrons. The Morgan fingerprint density at radius 3 is 2.82 bits per heavy atom. The summed E-state index contributed by atoms with van der Waals surface area (Å²) in [4.78, 5) is 28.2. The van der Waals surface area contributed by atoms with Crippen molar-refractivity contribution < 1.29 is 9.59 Å². The van der Waals surface area contributed by atoms with Crippen molar-refractivity contribution in [2.24, 2.45) is 0 Å². The van der Waals surface area contributed by atoms with Gasteiger partial charge in [0.1, 0.15) is 5.69 Å². The van der Waals surface area contributed by atoms with E-state index in [1.54, 1.807) is 5.38 Å². The normalized spacial score (nSPS) is 12.2. The molecule has 0 aliphatic carbocycles. The van der Waals surface area contributed by atoms with Gasteiger partial charge >= 0.3 is 0 Å². The fourth-order valence-electron chi connectivity index (χ4n) is 3.23. The Labute approximate surface area is 166 Å². The Bertz CT molecular complexity index is 1090. The Balaban J connectivity index is 1.39. The topological polar surface area (TPSA) is 71.1 Å². The SMILES string of the molecule is C#Cc1nc(C(=O)NCCc2ccc(-c3cccc4c3C(=O)NC4)cc2)cs1. The van der Waals surface area contributed by atoms with Gasteiger partial charge in [-0.15, -0.1) is 17.8 Å². The summed E-state index contributed by atoms with van der Waals surface area (Å²) in [6.07, 6.45) is 5.98. The van der Waals surface area contributed by atoms with Crippen LogP contribution < -0.4 is 10.6 Å². The number of carbonyl (C=O) groups is 2. The van der Waals surface area contributed by atoms with E-state index in [0.717, 1.165) is 27.8 Å². The summed E-state index contributed by atoms with van der Waals surface area (Å²) < 4.78 is 0. The van der Waals surface area contributed by atoms with Crippen molar-refractivity contribution in [3.05, 3.63) is 75.2 Å². The van der Waals surface area contributed by atoms with E-state index in [4.69, 9.17) is 6.42 Å². The maximum Gasteiger partial charge on any atom is 0.270 e. The minimum absolute atomic E-state index is 0.0209. The first kappa shape index (κ1) is 18.0. The van der Waals surface area contributed by atoms with Gasteiger partial charge in [0, 0.05) is 18.5 Å². The molecule has 6 heteroatoms. The molecule has 0 fully saturated rings. The van der Waals surface area contributed by atoms with E-state index in [-0.39, 0.29) is 11.8 Å². The molecular weight excluding hydrogens is 370 g/mol. The maximum atomic E-state index is 12.1. The highest BCUT2D eigenvalue weighted by molar-refractivity contribution is 7.10. The lowest BCUT2D eigenvalue weighted by atomic mass is 9.96. The summed E-state index contributed by atoms with van der Waals surface area (Å²) in [7, 11) is 0. The number of rotatable bonds is 5. The molecule has 1 aromatic heterocycles. The van der Waals surface area contributed by atoms with E-state index >= 15 is 0 Å². The monoisotopic (exact) mass is 387 g/mol. The molecule has 1 aliphatic heterocycles. The predicted molar refractivity (Wildman–Crippen MR) is 109 cm³/mol. The van der Waals surface area contributed by atoms with Gasteiger partial charge in [-0.05, 0) is 34.6 Å². The number of amides is 2. The van der Waals surface area contributed by atoms with Crippen LogP contribution in [0.1, 0.15) is 37.0 Å². The molecule has 4 rings (SSSR count). The highest BCUT2D eigenvalue weighted by atomic mass is 32.1. The second-order valence-electron chi connectivity index (χ2n) is 6.41. The van der Waals surface area contributed by atoms with Crippen LogP contribution in [0.2, 0.25) is 0 Å². The van der Waals surface area contributed by atoms with Crippen molar-refractivity contribution >= 4 is 23.2 Å². The molecule has 1 aliphatic rings. The molecule has 2 aromatic carbocycles. The predicted octanol–water partition coefficient (Wildman–Crippen LogP) is 3.01. The van der Waals surface area contributed by atoms with E-state index in [2.05, 4.69) is 21.5 Å². The van der Waals surface area contributed by atoms with Crippen LogP contribution in [0.4, 0.5) is 0 Å². The lowest BCUT2D eigenvalue weighted by molar-refractivity contribution is 0.0946.